The van der Waals surface area contributed by atoms with E-state index in [1.165, 1.54) is 6.07 Å². The molecule has 2 rings (SSSR count). The molecule has 3 unspecified atom stereocenters. The number of rotatable bonds is 2. The van der Waals surface area contributed by atoms with Crippen LogP contribution < -0.4 is 5.32 Å². The Balaban J connectivity index is 2.11. The van der Waals surface area contributed by atoms with Crippen LogP contribution in [0.3, 0.4) is 0 Å². The van der Waals surface area contributed by atoms with Crippen molar-refractivity contribution in [1.29, 1.82) is 5.26 Å². The van der Waals surface area contributed by atoms with Crippen LogP contribution >= 0.6 is 0 Å². The molecule has 102 valence electrons. The van der Waals surface area contributed by atoms with Crippen molar-refractivity contribution in [3.8, 4) is 6.07 Å². The van der Waals surface area contributed by atoms with E-state index < -0.39 is 5.82 Å². The van der Waals surface area contributed by atoms with Crippen molar-refractivity contribution in [3.05, 3.63) is 29.6 Å². The van der Waals surface area contributed by atoms with E-state index >= 15 is 0 Å². The maximum absolute atomic E-state index is 13.3. The number of nitrogens with one attached hydrogen (secondary N) is 1. The second kappa shape index (κ2) is 5.58. The fourth-order valence-electron chi connectivity index (χ4n) is 2.66. The van der Waals surface area contributed by atoms with Crippen LogP contribution in [-0.4, -0.2) is 30.6 Å². The van der Waals surface area contributed by atoms with Crippen molar-refractivity contribution in [2.24, 2.45) is 5.92 Å². The normalized spacial score (nSPS) is 27.8. The largest absolute Gasteiger partial charge is 0.382 e. The van der Waals surface area contributed by atoms with Gasteiger partial charge in [0.25, 0.3) is 0 Å². The number of anilines is 1. The lowest BCUT2D eigenvalue weighted by Crippen LogP contribution is -2.48. The minimum Gasteiger partial charge on any atom is -0.382 e. The van der Waals surface area contributed by atoms with Gasteiger partial charge in [0, 0.05) is 24.3 Å². The molecule has 1 heterocycles. The van der Waals surface area contributed by atoms with Crippen LogP contribution in [0.2, 0.25) is 0 Å². The average molecular weight is 261 g/mol. The Morgan fingerprint density at radius 1 is 1.42 bits per heavy atom. The third kappa shape index (κ3) is 3.05. The molecule has 3 nitrogen and oxygen atoms in total. The number of nitrogens with zero attached hydrogens (tertiary/aromatic N) is 2. The Kier molecular flexibility index (Phi) is 4.06. The number of likely N-dealkylation sites (tertiary alicyclic amines) is 1. The van der Waals surface area contributed by atoms with Crippen molar-refractivity contribution in [3.63, 3.8) is 0 Å². The van der Waals surface area contributed by atoms with Gasteiger partial charge < -0.3 is 10.2 Å². The average Bonchev–Trinajstić information content (AvgIpc) is 2.38. The number of hydrogen-bond acceptors (Lipinski definition) is 3. The molecule has 0 bridgehead atoms. The van der Waals surface area contributed by atoms with E-state index in [1.54, 1.807) is 12.1 Å². The van der Waals surface area contributed by atoms with Crippen LogP contribution in [0.1, 0.15) is 25.8 Å². The highest BCUT2D eigenvalue weighted by atomic mass is 19.1. The SMILES string of the molecule is CC1CN(C)C(C)CC1Nc1ccc(F)c(C#N)c1. The number of benzene rings is 1. The molecule has 1 fully saturated rings. The molecule has 1 aromatic rings. The molecule has 1 N–H and O–H groups in total. The monoisotopic (exact) mass is 261 g/mol. The Morgan fingerprint density at radius 2 is 2.16 bits per heavy atom. The first-order chi connectivity index (χ1) is 9.01. The number of piperidine rings is 1. The Morgan fingerprint density at radius 3 is 2.84 bits per heavy atom. The van der Waals surface area contributed by atoms with E-state index in [9.17, 15) is 4.39 Å². The lowest BCUT2D eigenvalue weighted by molar-refractivity contribution is 0.145. The van der Waals surface area contributed by atoms with Gasteiger partial charge in [-0.15, -0.1) is 0 Å². The summed E-state index contributed by atoms with van der Waals surface area (Å²) in [7, 11) is 2.14. The van der Waals surface area contributed by atoms with Crippen molar-refractivity contribution in [2.45, 2.75) is 32.4 Å². The molecule has 4 heteroatoms. The van der Waals surface area contributed by atoms with Gasteiger partial charge in [-0.1, -0.05) is 6.92 Å². The van der Waals surface area contributed by atoms with Crippen LogP contribution in [-0.2, 0) is 0 Å². The molecular weight excluding hydrogens is 241 g/mol. The van der Waals surface area contributed by atoms with Crippen LogP contribution in [0.4, 0.5) is 10.1 Å². The van der Waals surface area contributed by atoms with Gasteiger partial charge in [0.05, 0.1) is 5.56 Å². The van der Waals surface area contributed by atoms with Crippen LogP contribution in [0, 0.1) is 23.1 Å². The zero-order valence-electron chi connectivity index (χ0n) is 11.7. The number of hydrogen-bond donors (Lipinski definition) is 1. The van der Waals surface area contributed by atoms with Gasteiger partial charge in [0.1, 0.15) is 11.9 Å². The van der Waals surface area contributed by atoms with Crippen LogP contribution in [0.5, 0.6) is 0 Å². The molecule has 1 saturated heterocycles. The van der Waals surface area contributed by atoms with E-state index in [0.717, 1.165) is 18.7 Å². The number of halogens is 1. The maximum Gasteiger partial charge on any atom is 0.141 e. The lowest BCUT2D eigenvalue weighted by Gasteiger charge is -2.40. The molecule has 1 aromatic carbocycles. The molecule has 0 aliphatic carbocycles. The minimum atomic E-state index is -0.460. The highest BCUT2D eigenvalue weighted by Crippen LogP contribution is 2.25. The summed E-state index contributed by atoms with van der Waals surface area (Å²) >= 11 is 0. The molecule has 3 atom stereocenters. The molecule has 0 saturated carbocycles. The van der Waals surface area contributed by atoms with E-state index in [4.69, 9.17) is 5.26 Å². The first-order valence-corrected chi connectivity index (χ1v) is 6.67. The second-order valence-corrected chi connectivity index (χ2v) is 5.56. The Hall–Kier alpha value is -1.60. The van der Waals surface area contributed by atoms with E-state index in [0.29, 0.717) is 18.0 Å². The summed E-state index contributed by atoms with van der Waals surface area (Å²) in [5, 5.41) is 12.3. The maximum atomic E-state index is 13.3. The Labute approximate surface area is 114 Å². The second-order valence-electron chi connectivity index (χ2n) is 5.56. The van der Waals surface area contributed by atoms with Gasteiger partial charge in [0.15, 0.2) is 0 Å². The highest BCUT2D eigenvalue weighted by molar-refractivity contribution is 5.50. The molecule has 1 aliphatic heterocycles. The summed E-state index contributed by atoms with van der Waals surface area (Å²) in [6, 6.07) is 7.41. The Bertz CT molecular complexity index is 495. The lowest BCUT2D eigenvalue weighted by atomic mass is 9.89. The molecule has 19 heavy (non-hydrogen) atoms. The number of nitriles is 1. The van der Waals surface area contributed by atoms with Crippen molar-refractivity contribution >= 4 is 5.69 Å². The van der Waals surface area contributed by atoms with Gasteiger partial charge >= 0.3 is 0 Å². The van der Waals surface area contributed by atoms with Crippen LogP contribution in [0.25, 0.3) is 0 Å². The first kappa shape index (κ1) is 13.8. The van der Waals surface area contributed by atoms with Gasteiger partial charge in [-0.05, 0) is 44.5 Å². The van der Waals surface area contributed by atoms with Gasteiger partial charge in [-0.2, -0.15) is 5.26 Å². The molecule has 1 aliphatic rings. The van der Waals surface area contributed by atoms with Crippen LogP contribution in [0.15, 0.2) is 18.2 Å². The van der Waals surface area contributed by atoms with Gasteiger partial charge in [-0.25, -0.2) is 4.39 Å². The molecular formula is C15H20FN3. The topological polar surface area (TPSA) is 39.1 Å². The summed E-state index contributed by atoms with van der Waals surface area (Å²) in [4.78, 5) is 2.36. The molecule has 0 radical (unpaired) electrons. The zero-order chi connectivity index (χ0) is 14.0. The fraction of sp³-hybridized carbons (Fsp3) is 0.533. The fourth-order valence-corrected chi connectivity index (χ4v) is 2.66. The summed E-state index contributed by atoms with van der Waals surface area (Å²) in [5.74, 6) is 0.0645. The van der Waals surface area contributed by atoms with Gasteiger partial charge in [-0.3, -0.25) is 0 Å². The molecule has 0 amide bonds. The van der Waals surface area contributed by atoms with E-state index in [2.05, 4.69) is 31.1 Å². The minimum absolute atomic E-state index is 0.0960. The van der Waals surface area contributed by atoms with Gasteiger partial charge in [0.2, 0.25) is 0 Å². The quantitative estimate of drug-likeness (QED) is 0.889. The third-order valence-electron chi connectivity index (χ3n) is 4.05. The summed E-state index contributed by atoms with van der Waals surface area (Å²) in [6.45, 7) is 5.48. The summed E-state index contributed by atoms with van der Waals surface area (Å²) in [6.07, 6.45) is 1.05. The standard InChI is InChI=1S/C15H20FN3/c1-10-9-19(3)11(2)6-15(10)18-13-4-5-14(16)12(7-13)8-17/h4-5,7,10-11,15,18H,6,9H2,1-3H3. The molecule has 0 aromatic heterocycles. The zero-order valence-corrected chi connectivity index (χ0v) is 11.7. The first-order valence-electron chi connectivity index (χ1n) is 6.67. The van der Waals surface area contributed by atoms with Crippen molar-refractivity contribution in [1.82, 2.24) is 4.90 Å². The predicted molar refractivity (Wildman–Crippen MR) is 74.4 cm³/mol. The molecule has 0 spiro atoms. The third-order valence-corrected chi connectivity index (χ3v) is 4.05. The summed E-state index contributed by atoms with van der Waals surface area (Å²) in [5.41, 5.74) is 0.921. The smallest absolute Gasteiger partial charge is 0.141 e. The van der Waals surface area contributed by atoms with Crippen molar-refractivity contribution in [2.75, 3.05) is 18.9 Å². The van der Waals surface area contributed by atoms with Crippen molar-refractivity contribution < 1.29 is 4.39 Å². The predicted octanol–water partition coefficient (Wildman–Crippen LogP) is 2.84. The van der Waals surface area contributed by atoms with E-state index in [1.807, 2.05) is 6.07 Å². The highest BCUT2D eigenvalue weighted by Gasteiger charge is 2.28. The van der Waals surface area contributed by atoms with E-state index in [-0.39, 0.29) is 5.56 Å². The summed E-state index contributed by atoms with van der Waals surface area (Å²) < 4.78 is 13.3.